The molecule has 0 radical (unpaired) electrons. The first-order chi connectivity index (χ1) is 9.58. The molecule has 0 saturated heterocycles. The Labute approximate surface area is 121 Å². The number of carbonyl (C=O) groups is 1. The van der Waals surface area contributed by atoms with E-state index in [0.717, 1.165) is 5.56 Å². The Morgan fingerprint density at radius 2 is 2.05 bits per heavy atom. The van der Waals surface area contributed by atoms with Gasteiger partial charge in [-0.3, -0.25) is 4.79 Å². The molecule has 108 valence electrons. The lowest BCUT2D eigenvalue weighted by molar-refractivity contribution is -0.131. The minimum Gasteiger partial charge on any atom is -0.342 e. The summed E-state index contributed by atoms with van der Waals surface area (Å²) in [6.07, 6.45) is 1.04. The Morgan fingerprint density at radius 3 is 2.60 bits per heavy atom. The van der Waals surface area contributed by atoms with E-state index in [1.807, 2.05) is 44.2 Å². The second-order valence-electron chi connectivity index (χ2n) is 5.02. The predicted octanol–water partition coefficient (Wildman–Crippen LogP) is 2.47. The summed E-state index contributed by atoms with van der Waals surface area (Å²) < 4.78 is 0. The molecule has 0 aliphatic rings. The molecule has 1 aromatic rings. The fraction of sp³-hybridized carbons (Fsp3) is 0.500. The minimum absolute atomic E-state index is 0.0704. The number of nitrogens with zero attached hydrogens (tertiary/aromatic N) is 2. The molecule has 1 rings (SSSR count). The second-order valence-corrected chi connectivity index (χ2v) is 5.02. The molecule has 0 aliphatic carbocycles. The van der Waals surface area contributed by atoms with Gasteiger partial charge >= 0.3 is 0 Å². The lowest BCUT2D eigenvalue weighted by Gasteiger charge is -2.22. The van der Waals surface area contributed by atoms with Gasteiger partial charge < -0.3 is 10.6 Å². The first-order valence-electron chi connectivity index (χ1n) is 7.06. The first-order valence-corrected chi connectivity index (χ1v) is 7.06. The minimum atomic E-state index is -0.137. The average Bonchev–Trinajstić information content (AvgIpc) is 2.50. The fourth-order valence-electron chi connectivity index (χ4n) is 2.08. The van der Waals surface area contributed by atoms with Crippen molar-refractivity contribution in [2.75, 3.05) is 13.1 Å². The monoisotopic (exact) mass is 273 g/mol. The van der Waals surface area contributed by atoms with Gasteiger partial charge in [-0.1, -0.05) is 30.3 Å². The molecule has 2 unspecified atom stereocenters. The van der Waals surface area contributed by atoms with E-state index in [9.17, 15) is 4.79 Å². The summed E-state index contributed by atoms with van der Waals surface area (Å²) in [6.45, 7) is 4.88. The van der Waals surface area contributed by atoms with Crippen molar-refractivity contribution in [3.63, 3.8) is 0 Å². The van der Waals surface area contributed by atoms with E-state index in [1.165, 1.54) is 0 Å². The molecule has 4 heteroatoms. The quantitative estimate of drug-likeness (QED) is 0.829. The number of nitrogens with two attached hydrogens (primary N) is 1. The van der Waals surface area contributed by atoms with Gasteiger partial charge in [0.25, 0.3) is 0 Å². The number of rotatable bonds is 7. The molecule has 1 amide bonds. The highest BCUT2D eigenvalue weighted by Gasteiger charge is 2.16. The van der Waals surface area contributed by atoms with Crippen molar-refractivity contribution >= 4 is 5.91 Å². The van der Waals surface area contributed by atoms with Gasteiger partial charge in [-0.25, -0.2) is 0 Å². The van der Waals surface area contributed by atoms with E-state index in [4.69, 9.17) is 11.0 Å². The number of nitriles is 1. The Hall–Kier alpha value is -1.86. The molecule has 0 fully saturated rings. The third-order valence-electron chi connectivity index (χ3n) is 3.35. The van der Waals surface area contributed by atoms with E-state index in [-0.39, 0.29) is 17.9 Å². The zero-order valence-electron chi connectivity index (χ0n) is 12.2. The van der Waals surface area contributed by atoms with E-state index in [2.05, 4.69) is 6.07 Å². The van der Waals surface area contributed by atoms with Crippen LogP contribution in [0.1, 0.15) is 38.3 Å². The number of carbonyl (C=O) groups excluding carboxylic acids is 1. The Morgan fingerprint density at radius 1 is 1.40 bits per heavy atom. The Bertz CT molecular complexity index is 453. The summed E-state index contributed by atoms with van der Waals surface area (Å²) in [7, 11) is 0. The van der Waals surface area contributed by atoms with Crippen LogP contribution in [0, 0.1) is 17.2 Å². The molecule has 2 atom stereocenters. The van der Waals surface area contributed by atoms with Crippen LogP contribution in [-0.2, 0) is 4.79 Å². The summed E-state index contributed by atoms with van der Waals surface area (Å²) >= 11 is 0. The van der Waals surface area contributed by atoms with Crippen molar-refractivity contribution in [1.82, 2.24) is 4.90 Å². The summed E-state index contributed by atoms with van der Waals surface area (Å²) in [6, 6.07) is 11.8. The van der Waals surface area contributed by atoms with Gasteiger partial charge in [0, 0.05) is 25.6 Å². The molecule has 20 heavy (non-hydrogen) atoms. The zero-order valence-corrected chi connectivity index (χ0v) is 12.2. The van der Waals surface area contributed by atoms with Crippen LogP contribution < -0.4 is 5.73 Å². The van der Waals surface area contributed by atoms with E-state index < -0.39 is 0 Å². The van der Waals surface area contributed by atoms with E-state index in [1.54, 1.807) is 4.90 Å². The van der Waals surface area contributed by atoms with Crippen LogP contribution in [0.15, 0.2) is 30.3 Å². The summed E-state index contributed by atoms with van der Waals surface area (Å²) in [5.41, 5.74) is 7.14. The van der Waals surface area contributed by atoms with Crippen molar-refractivity contribution < 1.29 is 4.79 Å². The lowest BCUT2D eigenvalue weighted by atomic mass is 10.0. The van der Waals surface area contributed by atoms with Gasteiger partial charge in [0.15, 0.2) is 0 Å². The molecule has 0 aliphatic heterocycles. The molecule has 1 aromatic carbocycles. The third kappa shape index (κ3) is 5.02. The molecule has 4 nitrogen and oxygen atoms in total. The smallest absolute Gasteiger partial charge is 0.222 e. The van der Waals surface area contributed by atoms with Crippen LogP contribution in [0.4, 0.5) is 0 Å². The molecule has 0 bridgehead atoms. The van der Waals surface area contributed by atoms with Crippen molar-refractivity contribution in [3.8, 4) is 6.07 Å². The van der Waals surface area contributed by atoms with E-state index >= 15 is 0 Å². The Kier molecular flexibility index (Phi) is 6.75. The number of hydrogen-bond donors (Lipinski definition) is 1. The fourth-order valence-corrected chi connectivity index (χ4v) is 2.08. The average molecular weight is 273 g/mol. The topological polar surface area (TPSA) is 70.1 Å². The zero-order chi connectivity index (χ0) is 15.0. The standard InChI is InChI=1S/C16H23N3O/c1-3-19(12-13(2)11-17)16(20)10-9-15(18)14-7-5-4-6-8-14/h4-8,13,15H,3,9-10,12,18H2,1-2H3. The maximum Gasteiger partial charge on any atom is 0.222 e. The summed E-state index contributed by atoms with van der Waals surface area (Å²) in [5.74, 6) is -0.0670. The van der Waals surface area contributed by atoms with Gasteiger partial charge in [0.05, 0.1) is 12.0 Å². The SMILES string of the molecule is CCN(CC(C)C#N)C(=O)CCC(N)c1ccccc1. The van der Waals surface area contributed by atoms with Crippen LogP contribution in [-0.4, -0.2) is 23.9 Å². The molecule has 0 saturated carbocycles. The third-order valence-corrected chi connectivity index (χ3v) is 3.35. The van der Waals surface area contributed by atoms with Crippen LogP contribution in [0.2, 0.25) is 0 Å². The highest BCUT2D eigenvalue weighted by atomic mass is 16.2. The molecule has 0 heterocycles. The number of amides is 1. The van der Waals surface area contributed by atoms with E-state index in [0.29, 0.717) is 25.9 Å². The lowest BCUT2D eigenvalue weighted by Crippen LogP contribution is -2.34. The number of hydrogen-bond acceptors (Lipinski definition) is 3. The van der Waals surface area contributed by atoms with Crippen LogP contribution in [0.3, 0.4) is 0 Å². The van der Waals surface area contributed by atoms with Gasteiger partial charge in [-0.05, 0) is 25.8 Å². The van der Waals surface area contributed by atoms with Crippen LogP contribution in [0.25, 0.3) is 0 Å². The second kappa shape index (κ2) is 8.34. The maximum absolute atomic E-state index is 12.1. The molecular weight excluding hydrogens is 250 g/mol. The molecule has 0 spiro atoms. The van der Waals surface area contributed by atoms with Crippen molar-refractivity contribution in [2.45, 2.75) is 32.7 Å². The summed E-state index contributed by atoms with van der Waals surface area (Å²) in [5, 5.41) is 8.82. The van der Waals surface area contributed by atoms with Gasteiger partial charge in [0.1, 0.15) is 0 Å². The van der Waals surface area contributed by atoms with Crippen LogP contribution in [0.5, 0.6) is 0 Å². The highest BCUT2D eigenvalue weighted by Crippen LogP contribution is 2.16. The Balaban J connectivity index is 2.47. The molecular formula is C16H23N3O. The van der Waals surface area contributed by atoms with Gasteiger partial charge in [0.2, 0.25) is 5.91 Å². The summed E-state index contributed by atoms with van der Waals surface area (Å²) in [4.78, 5) is 13.9. The number of benzene rings is 1. The van der Waals surface area contributed by atoms with Crippen molar-refractivity contribution in [2.24, 2.45) is 11.7 Å². The molecule has 0 aromatic heterocycles. The maximum atomic E-state index is 12.1. The normalized spacial score (nSPS) is 13.3. The van der Waals surface area contributed by atoms with Crippen molar-refractivity contribution in [1.29, 1.82) is 5.26 Å². The predicted molar refractivity (Wildman–Crippen MR) is 79.6 cm³/mol. The largest absolute Gasteiger partial charge is 0.342 e. The van der Waals surface area contributed by atoms with Gasteiger partial charge in [-0.15, -0.1) is 0 Å². The van der Waals surface area contributed by atoms with Crippen LogP contribution >= 0.6 is 0 Å². The first kappa shape index (κ1) is 16.2. The molecule has 2 N–H and O–H groups in total. The van der Waals surface area contributed by atoms with Gasteiger partial charge in [-0.2, -0.15) is 5.26 Å². The van der Waals surface area contributed by atoms with Crippen molar-refractivity contribution in [3.05, 3.63) is 35.9 Å². The highest BCUT2D eigenvalue weighted by molar-refractivity contribution is 5.76.